The van der Waals surface area contributed by atoms with Crippen LogP contribution in [0.1, 0.15) is 11.1 Å². The summed E-state index contributed by atoms with van der Waals surface area (Å²) in [5.41, 5.74) is 17.6. The number of nitrogens with one attached hydrogen (secondary N) is 2. The van der Waals surface area contributed by atoms with Crippen LogP contribution < -0.4 is 22.1 Å². The molecular formula is C21H18N4O. The summed E-state index contributed by atoms with van der Waals surface area (Å²) in [6.45, 7) is 0. The van der Waals surface area contributed by atoms with E-state index in [0.29, 0.717) is 16.9 Å². The Morgan fingerprint density at radius 3 is 2.27 bits per heavy atom. The van der Waals surface area contributed by atoms with E-state index in [-0.39, 0.29) is 5.91 Å². The van der Waals surface area contributed by atoms with Crippen molar-refractivity contribution < 1.29 is 4.79 Å². The molecule has 0 aromatic heterocycles. The zero-order valence-corrected chi connectivity index (χ0v) is 14.0. The predicted molar refractivity (Wildman–Crippen MR) is 107 cm³/mol. The van der Waals surface area contributed by atoms with Crippen LogP contribution in [-0.2, 0) is 4.79 Å². The number of hydrogen-bond acceptors (Lipinski definition) is 4. The third kappa shape index (κ3) is 2.86. The van der Waals surface area contributed by atoms with Gasteiger partial charge < -0.3 is 22.1 Å². The highest BCUT2D eigenvalue weighted by atomic mass is 16.2. The monoisotopic (exact) mass is 342 g/mol. The van der Waals surface area contributed by atoms with E-state index < -0.39 is 0 Å². The molecule has 5 heteroatoms. The topological polar surface area (TPSA) is 93.2 Å². The standard InChI is InChI=1S/C21H18N4O/c22-14-6-9-16(10-7-14)24-20(13-4-2-1-3-5-13)19-17-12-15(23)8-11-18(17)25-21(19)26/h1-12,24H,22-23H2,(H,25,26)/b20-19-. The molecule has 1 aliphatic rings. The molecule has 0 saturated carbocycles. The lowest BCUT2D eigenvalue weighted by atomic mass is 9.99. The van der Waals surface area contributed by atoms with Gasteiger partial charge in [-0.2, -0.15) is 0 Å². The summed E-state index contributed by atoms with van der Waals surface area (Å²) >= 11 is 0. The van der Waals surface area contributed by atoms with Gasteiger partial charge in [0.05, 0.1) is 11.3 Å². The molecule has 1 amide bonds. The van der Waals surface area contributed by atoms with Gasteiger partial charge in [0.2, 0.25) is 0 Å². The fourth-order valence-corrected chi connectivity index (χ4v) is 3.03. The van der Waals surface area contributed by atoms with E-state index in [2.05, 4.69) is 10.6 Å². The van der Waals surface area contributed by atoms with E-state index in [1.54, 1.807) is 6.07 Å². The molecule has 1 aliphatic heterocycles. The molecule has 4 rings (SSSR count). The quantitative estimate of drug-likeness (QED) is 0.430. The van der Waals surface area contributed by atoms with Crippen molar-refractivity contribution in [1.29, 1.82) is 0 Å². The zero-order chi connectivity index (χ0) is 18.1. The van der Waals surface area contributed by atoms with Crippen molar-refractivity contribution in [1.82, 2.24) is 0 Å². The number of amides is 1. The van der Waals surface area contributed by atoms with Crippen LogP contribution >= 0.6 is 0 Å². The molecule has 6 N–H and O–H groups in total. The lowest BCUT2D eigenvalue weighted by Crippen LogP contribution is -2.10. The van der Waals surface area contributed by atoms with E-state index >= 15 is 0 Å². The molecular weight excluding hydrogens is 324 g/mol. The Morgan fingerprint density at radius 1 is 0.846 bits per heavy atom. The first-order valence-corrected chi connectivity index (χ1v) is 8.25. The van der Waals surface area contributed by atoms with E-state index in [1.807, 2.05) is 66.7 Å². The first-order valence-electron chi connectivity index (χ1n) is 8.25. The van der Waals surface area contributed by atoms with Crippen molar-refractivity contribution >= 4 is 39.9 Å². The van der Waals surface area contributed by atoms with E-state index in [9.17, 15) is 4.79 Å². The molecule has 0 fully saturated rings. The van der Waals surface area contributed by atoms with Gasteiger partial charge in [-0.05, 0) is 48.0 Å². The molecule has 0 bridgehead atoms. The first-order chi connectivity index (χ1) is 12.6. The summed E-state index contributed by atoms with van der Waals surface area (Å²) in [6, 6.07) is 22.5. The van der Waals surface area contributed by atoms with Crippen LogP contribution in [0.5, 0.6) is 0 Å². The van der Waals surface area contributed by atoms with Gasteiger partial charge in [-0.3, -0.25) is 4.79 Å². The van der Waals surface area contributed by atoms with Crippen LogP contribution in [0.3, 0.4) is 0 Å². The number of benzene rings is 3. The number of nitrogens with two attached hydrogens (primary N) is 2. The fourth-order valence-electron chi connectivity index (χ4n) is 3.03. The second kappa shape index (κ2) is 6.29. The van der Waals surface area contributed by atoms with Crippen LogP contribution in [0.2, 0.25) is 0 Å². The highest BCUT2D eigenvalue weighted by molar-refractivity contribution is 6.37. The van der Waals surface area contributed by atoms with Crippen molar-refractivity contribution in [2.75, 3.05) is 22.1 Å². The average Bonchev–Trinajstić information content (AvgIpc) is 2.97. The number of hydrogen-bond donors (Lipinski definition) is 4. The lowest BCUT2D eigenvalue weighted by molar-refractivity contribution is -0.110. The van der Waals surface area contributed by atoms with Gasteiger partial charge in [-0.15, -0.1) is 0 Å². The highest BCUT2D eigenvalue weighted by Crippen LogP contribution is 2.38. The normalized spacial score (nSPS) is 14.5. The molecule has 26 heavy (non-hydrogen) atoms. The van der Waals surface area contributed by atoms with Gasteiger partial charge in [0.25, 0.3) is 5.91 Å². The first kappa shape index (κ1) is 15.8. The van der Waals surface area contributed by atoms with Crippen molar-refractivity contribution in [2.24, 2.45) is 0 Å². The molecule has 3 aromatic rings. The van der Waals surface area contributed by atoms with E-state index in [1.165, 1.54) is 0 Å². The van der Waals surface area contributed by atoms with Gasteiger partial charge in [0, 0.05) is 28.3 Å². The van der Waals surface area contributed by atoms with E-state index in [4.69, 9.17) is 11.5 Å². The largest absolute Gasteiger partial charge is 0.399 e. The van der Waals surface area contributed by atoms with Crippen LogP contribution in [0.4, 0.5) is 22.7 Å². The number of nitrogen functional groups attached to an aromatic ring is 2. The smallest absolute Gasteiger partial charge is 0.258 e. The zero-order valence-electron chi connectivity index (χ0n) is 14.0. The SMILES string of the molecule is Nc1ccc(N/C(=C2\C(=O)Nc3ccc(N)cc32)c2ccccc2)cc1. The molecule has 0 radical (unpaired) electrons. The Morgan fingerprint density at radius 2 is 1.54 bits per heavy atom. The summed E-state index contributed by atoms with van der Waals surface area (Å²) in [5.74, 6) is -0.160. The second-order valence-electron chi connectivity index (χ2n) is 6.12. The fraction of sp³-hybridized carbons (Fsp3) is 0. The number of carbonyl (C=O) groups excluding carboxylic acids is 1. The number of carbonyl (C=O) groups is 1. The van der Waals surface area contributed by atoms with Gasteiger partial charge in [-0.25, -0.2) is 0 Å². The molecule has 0 unspecified atom stereocenters. The minimum absolute atomic E-state index is 0.160. The Balaban J connectivity index is 1.91. The maximum atomic E-state index is 12.7. The van der Waals surface area contributed by atoms with Gasteiger partial charge in [-0.1, -0.05) is 30.3 Å². The Kier molecular flexibility index (Phi) is 3.82. The highest BCUT2D eigenvalue weighted by Gasteiger charge is 2.28. The van der Waals surface area contributed by atoms with Crippen molar-refractivity contribution in [3.05, 3.63) is 83.9 Å². The van der Waals surface area contributed by atoms with Crippen LogP contribution in [0.25, 0.3) is 11.3 Å². The van der Waals surface area contributed by atoms with Crippen molar-refractivity contribution in [3.63, 3.8) is 0 Å². The summed E-state index contributed by atoms with van der Waals surface area (Å²) in [6.07, 6.45) is 0. The van der Waals surface area contributed by atoms with Gasteiger partial charge >= 0.3 is 0 Å². The molecule has 5 nitrogen and oxygen atoms in total. The number of fused-ring (bicyclic) bond motifs is 1. The summed E-state index contributed by atoms with van der Waals surface area (Å²) < 4.78 is 0. The third-order valence-electron chi connectivity index (χ3n) is 4.28. The van der Waals surface area contributed by atoms with Crippen molar-refractivity contribution in [3.8, 4) is 0 Å². The predicted octanol–water partition coefficient (Wildman–Crippen LogP) is 3.78. The van der Waals surface area contributed by atoms with Crippen LogP contribution in [0, 0.1) is 0 Å². The van der Waals surface area contributed by atoms with Crippen LogP contribution in [0.15, 0.2) is 72.8 Å². The molecule has 1 heterocycles. The van der Waals surface area contributed by atoms with Crippen molar-refractivity contribution in [2.45, 2.75) is 0 Å². The number of anilines is 4. The Labute approximate surface area is 151 Å². The lowest BCUT2D eigenvalue weighted by Gasteiger charge is -2.15. The second-order valence-corrected chi connectivity index (χ2v) is 6.12. The summed E-state index contributed by atoms with van der Waals surface area (Å²) in [4.78, 5) is 12.7. The average molecular weight is 342 g/mol. The summed E-state index contributed by atoms with van der Waals surface area (Å²) in [7, 11) is 0. The number of rotatable bonds is 3. The maximum Gasteiger partial charge on any atom is 0.258 e. The molecule has 0 atom stereocenters. The Hall–Kier alpha value is -3.73. The minimum atomic E-state index is -0.160. The van der Waals surface area contributed by atoms with E-state index in [0.717, 1.165) is 28.2 Å². The Bertz CT molecular complexity index is 1010. The van der Waals surface area contributed by atoms with Crippen LogP contribution in [-0.4, -0.2) is 5.91 Å². The molecule has 128 valence electrons. The summed E-state index contributed by atoms with van der Waals surface area (Å²) in [5, 5.41) is 6.29. The molecule has 0 spiro atoms. The van der Waals surface area contributed by atoms with Gasteiger partial charge in [0.1, 0.15) is 0 Å². The molecule has 0 aliphatic carbocycles. The molecule has 3 aromatic carbocycles. The third-order valence-corrected chi connectivity index (χ3v) is 4.28. The minimum Gasteiger partial charge on any atom is -0.399 e. The molecule has 0 saturated heterocycles. The van der Waals surface area contributed by atoms with Gasteiger partial charge in [0.15, 0.2) is 0 Å². The maximum absolute atomic E-state index is 12.7.